The standard InChI is InChI=1S/C18H22N2O/c1-14-7-9-15(10-8-14)11-18(21)20(2)13-17-6-4-3-5-16(17)12-19/h3-10H,11-13,19H2,1-2H3. The zero-order chi connectivity index (χ0) is 15.2. The maximum Gasteiger partial charge on any atom is 0.227 e. The highest BCUT2D eigenvalue weighted by Crippen LogP contribution is 2.12. The Morgan fingerprint density at radius 1 is 1.05 bits per heavy atom. The van der Waals surface area contributed by atoms with Crippen molar-refractivity contribution in [1.29, 1.82) is 0 Å². The van der Waals surface area contributed by atoms with Gasteiger partial charge in [-0.3, -0.25) is 4.79 Å². The Labute approximate surface area is 126 Å². The average molecular weight is 282 g/mol. The van der Waals surface area contributed by atoms with E-state index in [1.54, 1.807) is 4.90 Å². The fourth-order valence-electron chi connectivity index (χ4n) is 2.27. The van der Waals surface area contributed by atoms with E-state index in [-0.39, 0.29) is 5.91 Å². The third-order valence-electron chi connectivity index (χ3n) is 3.65. The van der Waals surface area contributed by atoms with E-state index in [0.29, 0.717) is 19.5 Å². The van der Waals surface area contributed by atoms with Gasteiger partial charge in [-0.2, -0.15) is 0 Å². The molecule has 0 unspecified atom stereocenters. The number of hydrogen-bond acceptors (Lipinski definition) is 2. The summed E-state index contributed by atoms with van der Waals surface area (Å²) in [5.41, 5.74) is 10.2. The van der Waals surface area contributed by atoms with Crippen LogP contribution in [-0.2, 0) is 24.3 Å². The third kappa shape index (κ3) is 4.17. The number of carbonyl (C=O) groups excluding carboxylic acids is 1. The summed E-state index contributed by atoms with van der Waals surface area (Å²) in [5, 5.41) is 0. The second-order valence-electron chi connectivity index (χ2n) is 5.39. The Morgan fingerprint density at radius 3 is 2.29 bits per heavy atom. The largest absolute Gasteiger partial charge is 0.341 e. The number of likely N-dealkylation sites (N-methyl/N-ethyl adjacent to an activating group) is 1. The third-order valence-corrected chi connectivity index (χ3v) is 3.65. The van der Waals surface area contributed by atoms with Gasteiger partial charge in [0.15, 0.2) is 0 Å². The summed E-state index contributed by atoms with van der Waals surface area (Å²) in [5.74, 6) is 0.116. The van der Waals surface area contributed by atoms with Gasteiger partial charge in [-0.15, -0.1) is 0 Å². The molecular formula is C18H22N2O. The van der Waals surface area contributed by atoms with E-state index in [2.05, 4.69) is 0 Å². The van der Waals surface area contributed by atoms with E-state index >= 15 is 0 Å². The molecule has 0 bridgehead atoms. The van der Waals surface area contributed by atoms with Crippen molar-refractivity contribution in [3.05, 3.63) is 70.8 Å². The van der Waals surface area contributed by atoms with Gasteiger partial charge in [0.05, 0.1) is 6.42 Å². The number of carbonyl (C=O) groups is 1. The molecule has 0 aliphatic carbocycles. The van der Waals surface area contributed by atoms with Gasteiger partial charge in [0.2, 0.25) is 5.91 Å². The van der Waals surface area contributed by atoms with Crippen molar-refractivity contribution in [1.82, 2.24) is 4.90 Å². The minimum absolute atomic E-state index is 0.116. The number of rotatable bonds is 5. The van der Waals surface area contributed by atoms with Gasteiger partial charge in [0.25, 0.3) is 0 Å². The second kappa shape index (κ2) is 7.04. The molecule has 3 heteroatoms. The first-order valence-corrected chi connectivity index (χ1v) is 7.16. The first-order chi connectivity index (χ1) is 10.1. The van der Waals surface area contributed by atoms with Gasteiger partial charge >= 0.3 is 0 Å². The number of nitrogens with two attached hydrogens (primary N) is 1. The van der Waals surface area contributed by atoms with Crippen LogP contribution in [0.25, 0.3) is 0 Å². The van der Waals surface area contributed by atoms with Crippen LogP contribution in [0.15, 0.2) is 48.5 Å². The van der Waals surface area contributed by atoms with E-state index in [0.717, 1.165) is 16.7 Å². The molecule has 21 heavy (non-hydrogen) atoms. The van der Waals surface area contributed by atoms with Crippen LogP contribution in [0.4, 0.5) is 0 Å². The van der Waals surface area contributed by atoms with Gasteiger partial charge in [0, 0.05) is 20.1 Å². The monoisotopic (exact) mass is 282 g/mol. The van der Waals surface area contributed by atoms with Crippen LogP contribution in [0.2, 0.25) is 0 Å². The van der Waals surface area contributed by atoms with E-state index in [4.69, 9.17) is 5.73 Å². The van der Waals surface area contributed by atoms with Gasteiger partial charge in [-0.05, 0) is 23.6 Å². The Morgan fingerprint density at radius 2 is 1.67 bits per heavy atom. The number of aryl methyl sites for hydroxylation is 1. The molecule has 0 aromatic heterocycles. The summed E-state index contributed by atoms with van der Waals surface area (Å²) < 4.78 is 0. The Bertz CT molecular complexity index is 605. The summed E-state index contributed by atoms with van der Waals surface area (Å²) in [4.78, 5) is 14.1. The maximum absolute atomic E-state index is 12.3. The van der Waals surface area contributed by atoms with E-state index < -0.39 is 0 Å². The predicted molar refractivity (Wildman–Crippen MR) is 85.7 cm³/mol. The first-order valence-electron chi connectivity index (χ1n) is 7.16. The highest BCUT2D eigenvalue weighted by molar-refractivity contribution is 5.78. The molecule has 2 aromatic rings. The lowest BCUT2D eigenvalue weighted by Gasteiger charge is -2.19. The molecule has 0 saturated carbocycles. The molecular weight excluding hydrogens is 260 g/mol. The van der Waals surface area contributed by atoms with Gasteiger partial charge in [-0.1, -0.05) is 54.1 Å². The summed E-state index contributed by atoms with van der Waals surface area (Å²) >= 11 is 0. The molecule has 0 aliphatic rings. The lowest BCUT2D eigenvalue weighted by molar-refractivity contribution is -0.129. The molecule has 0 saturated heterocycles. The molecule has 3 nitrogen and oxygen atoms in total. The molecule has 0 radical (unpaired) electrons. The van der Waals surface area contributed by atoms with Crippen LogP contribution >= 0.6 is 0 Å². The van der Waals surface area contributed by atoms with Crippen LogP contribution in [0, 0.1) is 6.92 Å². The Balaban J connectivity index is 2.01. The number of benzene rings is 2. The van der Waals surface area contributed by atoms with Crippen molar-refractivity contribution in [3.8, 4) is 0 Å². The van der Waals surface area contributed by atoms with Gasteiger partial charge in [0.1, 0.15) is 0 Å². The average Bonchev–Trinajstić information content (AvgIpc) is 2.50. The normalized spacial score (nSPS) is 10.4. The van der Waals surface area contributed by atoms with Gasteiger partial charge in [-0.25, -0.2) is 0 Å². The minimum atomic E-state index is 0.116. The molecule has 110 valence electrons. The van der Waals surface area contributed by atoms with Crippen LogP contribution in [0.3, 0.4) is 0 Å². The summed E-state index contributed by atoms with van der Waals surface area (Å²) in [6.45, 7) is 3.13. The molecule has 0 aliphatic heterocycles. The highest BCUT2D eigenvalue weighted by atomic mass is 16.2. The molecule has 1 amide bonds. The lowest BCUT2D eigenvalue weighted by Crippen LogP contribution is -2.28. The Kier molecular flexibility index (Phi) is 5.12. The fraction of sp³-hybridized carbons (Fsp3) is 0.278. The maximum atomic E-state index is 12.3. The molecule has 2 N–H and O–H groups in total. The topological polar surface area (TPSA) is 46.3 Å². The number of amides is 1. The number of nitrogens with zero attached hydrogens (tertiary/aromatic N) is 1. The molecule has 2 aromatic carbocycles. The van der Waals surface area contributed by atoms with Crippen LogP contribution in [0.5, 0.6) is 0 Å². The van der Waals surface area contributed by atoms with Gasteiger partial charge < -0.3 is 10.6 Å². The van der Waals surface area contributed by atoms with Crippen LogP contribution < -0.4 is 5.73 Å². The van der Waals surface area contributed by atoms with Crippen molar-refractivity contribution in [2.75, 3.05) is 7.05 Å². The fourth-order valence-corrected chi connectivity index (χ4v) is 2.27. The van der Waals surface area contributed by atoms with Crippen molar-refractivity contribution in [2.24, 2.45) is 5.73 Å². The van der Waals surface area contributed by atoms with E-state index in [9.17, 15) is 4.79 Å². The van der Waals surface area contributed by atoms with Crippen molar-refractivity contribution in [3.63, 3.8) is 0 Å². The predicted octanol–water partition coefficient (Wildman–Crippen LogP) is 2.65. The molecule has 0 atom stereocenters. The summed E-state index contributed by atoms with van der Waals surface area (Å²) in [6.07, 6.45) is 0.432. The van der Waals surface area contributed by atoms with E-state index in [1.807, 2.05) is 62.5 Å². The summed E-state index contributed by atoms with van der Waals surface area (Å²) in [7, 11) is 1.84. The summed E-state index contributed by atoms with van der Waals surface area (Å²) in [6, 6.07) is 16.1. The molecule has 2 rings (SSSR count). The van der Waals surface area contributed by atoms with Crippen LogP contribution in [-0.4, -0.2) is 17.9 Å². The van der Waals surface area contributed by atoms with Crippen molar-refractivity contribution in [2.45, 2.75) is 26.4 Å². The molecule has 0 fully saturated rings. The highest BCUT2D eigenvalue weighted by Gasteiger charge is 2.11. The smallest absolute Gasteiger partial charge is 0.227 e. The second-order valence-corrected chi connectivity index (χ2v) is 5.39. The quantitative estimate of drug-likeness (QED) is 0.916. The Hall–Kier alpha value is -2.13. The van der Waals surface area contributed by atoms with Crippen LogP contribution in [0.1, 0.15) is 22.3 Å². The van der Waals surface area contributed by atoms with E-state index in [1.165, 1.54) is 5.56 Å². The lowest BCUT2D eigenvalue weighted by atomic mass is 10.1. The minimum Gasteiger partial charge on any atom is -0.341 e. The zero-order valence-corrected chi connectivity index (χ0v) is 12.7. The first kappa shape index (κ1) is 15.3. The molecule has 0 heterocycles. The zero-order valence-electron chi connectivity index (χ0n) is 12.7. The number of hydrogen-bond donors (Lipinski definition) is 1. The SMILES string of the molecule is Cc1ccc(CC(=O)N(C)Cc2ccccc2CN)cc1. The van der Waals surface area contributed by atoms with Crippen molar-refractivity contribution >= 4 is 5.91 Å². The van der Waals surface area contributed by atoms with Crippen molar-refractivity contribution < 1.29 is 4.79 Å². The molecule has 0 spiro atoms.